The van der Waals surface area contributed by atoms with Gasteiger partial charge in [0.05, 0.1) is 12.1 Å². The second-order valence-electron chi connectivity index (χ2n) is 8.18. The van der Waals surface area contributed by atoms with Gasteiger partial charge >= 0.3 is 6.03 Å². The number of amides is 2. The van der Waals surface area contributed by atoms with Gasteiger partial charge < -0.3 is 20.5 Å². The minimum atomic E-state index is -0.398. The minimum absolute atomic E-state index is 0.249. The van der Waals surface area contributed by atoms with Crippen molar-refractivity contribution in [3.63, 3.8) is 0 Å². The van der Waals surface area contributed by atoms with Crippen molar-refractivity contribution in [1.82, 2.24) is 5.32 Å². The molecule has 1 spiro atoms. The van der Waals surface area contributed by atoms with Gasteiger partial charge in [0, 0.05) is 24.1 Å². The molecule has 0 bridgehead atoms. The van der Waals surface area contributed by atoms with Crippen LogP contribution in [0.2, 0.25) is 0 Å². The largest absolute Gasteiger partial charge is 0.487 e. The molecule has 1 saturated carbocycles. The predicted octanol–water partition coefficient (Wildman–Crippen LogP) is 3.85. The zero-order valence-electron chi connectivity index (χ0n) is 15.5. The molecule has 1 fully saturated rings. The number of hydrogen-bond donors (Lipinski definition) is 3. The summed E-state index contributed by atoms with van der Waals surface area (Å²) < 4.78 is 20.0. The summed E-state index contributed by atoms with van der Waals surface area (Å²) in [6.45, 7) is 0. The number of carbonyl (C=O) groups excluding carboxylic acids is 1. The van der Waals surface area contributed by atoms with Crippen LogP contribution in [0.15, 0.2) is 36.4 Å². The van der Waals surface area contributed by atoms with Crippen LogP contribution in [0.5, 0.6) is 5.75 Å². The second kappa shape index (κ2) is 6.48. The Morgan fingerprint density at radius 2 is 2.07 bits per heavy atom. The van der Waals surface area contributed by atoms with Gasteiger partial charge in [0.15, 0.2) is 0 Å². The SMILES string of the molecule is O=C(Nc1cccc2c1C[C@H](O)C2)N[C@H]1CC2(CCC2)Oc2ccc(F)cc21. The smallest absolute Gasteiger partial charge is 0.319 e. The minimum Gasteiger partial charge on any atom is -0.487 e. The van der Waals surface area contributed by atoms with E-state index < -0.39 is 6.10 Å². The molecular formula is C22H23FN2O3. The van der Waals surface area contributed by atoms with Gasteiger partial charge in [-0.1, -0.05) is 12.1 Å². The first-order chi connectivity index (χ1) is 13.5. The number of aliphatic hydroxyl groups is 1. The van der Waals surface area contributed by atoms with Crippen molar-refractivity contribution in [1.29, 1.82) is 0 Å². The highest BCUT2D eigenvalue weighted by atomic mass is 19.1. The highest BCUT2D eigenvalue weighted by molar-refractivity contribution is 5.90. The van der Waals surface area contributed by atoms with E-state index in [9.17, 15) is 14.3 Å². The van der Waals surface area contributed by atoms with E-state index in [1.54, 1.807) is 6.07 Å². The van der Waals surface area contributed by atoms with E-state index in [0.29, 0.717) is 30.6 Å². The van der Waals surface area contributed by atoms with Crippen molar-refractivity contribution in [3.05, 3.63) is 58.9 Å². The Labute approximate surface area is 162 Å². The number of ether oxygens (including phenoxy) is 1. The summed E-state index contributed by atoms with van der Waals surface area (Å²) in [7, 11) is 0. The second-order valence-corrected chi connectivity index (χ2v) is 8.18. The van der Waals surface area contributed by atoms with Crippen LogP contribution in [0.3, 0.4) is 0 Å². The van der Waals surface area contributed by atoms with Gasteiger partial charge in [0.2, 0.25) is 0 Å². The maximum Gasteiger partial charge on any atom is 0.319 e. The van der Waals surface area contributed by atoms with Crippen LogP contribution >= 0.6 is 0 Å². The lowest BCUT2D eigenvalue weighted by Crippen LogP contribution is -2.50. The average molecular weight is 382 g/mol. The van der Waals surface area contributed by atoms with E-state index in [-0.39, 0.29) is 23.5 Å². The number of aliphatic hydroxyl groups excluding tert-OH is 1. The summed E-state index contributed by atoms with van der Waals surface area (Å²) in [4.78, 5) is 12.8. The van der Waals surface area contributed by atoms with Crippen LogP contribution in [-0.2, 0) is 12.8 Å². The summed E-state index contributed by atoms with van der Waals surface area (Å²) in [6.07, 6.45) is 4.41. The van der Waals surface area contributed by atoms with Gasteiger partial charge in [0.1, 0.15) is 17.2 Å². The molecule has 2 amide bonds. The van der Waals surface area contributed by atoms with Crippen molar-refractivity contribution in [2.75, 3.05) is 5.32 Å². The Morgan fingerprint density at radius 3 is 2.86 bits per heavy atom. The molecule has 1 aliphatic heterocycles. The van der Waals surface area contributed by atoms with Crippen LogP contribution < -0.4 is 15.4 Å². The van der Waals surface area contributed by atoms with Crippen molar-refractivity contribution in [2.45, 2.75) is 56.3 Å². The van der Waals surface area contributed by atoms with E-state index >= 15 is 0 Å². The zero-order valence-corrected chi connectivity index (χ0v) is 15.5. The zero-order chi connectivity index (χ0) is 19.3. The first kappa shape index (κ1) is 17.5. The van der Waals surface area contributed by atoms with Gasteiger partial charge in [-0.05, 0) is 61.1 Å². The first-order valence-electron chi connectivity index (χ1n) is 9.86. The van der Waals surface area contributed by atoms with Crippen molar-refractivity contribution >= 4 is 11.7 Å². The third-order valence-electron chi connectivity index (χ3n) is 6.24. The lowest BCUT2D eigenvalue weighted by molar-refractivity contribution is -0.0355. The summed E-state index contributed by atoms with van der Waals surface area (Å²) in [5.74, 6) is 0.315. The summed E-state index contributed by atoms with van der Waals surface area (Å²) in [5, 5.41) is 15.9. The summed E-state index contributed by atoms with van der Waals surface area (Å²) >= 11 is 0. The molecule has 6 heteroatoms. The molecule has 28 heavy (non-hydrogen) atoms. The third kappa shape index (κ3) is 3.02. The number of nitrogens with one attached hydrogen (secondary N) is 2. The molecule has 2 aromatic rings. The normalized spacial score (nSPS) is 23.9. The third-order valence-corrected chi connectivity index (χ3v) is 6.24. The predicted molar refractivity (Wildman–Crippen MR) is 103 cm³/mol. The Bertz CT molecular complexity index is 941. The molecular weight excluding hydrogens is 359 g/mol. The van der Waals surface area contributed by atoms with Crippen LogP contribution in [0.1, 0.15) is 48.4 Å². The number of carbonyl (C=O) groups is 1. The topological polar surface area (TPSA) is 70.6 Å². The van der Waals surface area contributed by atoms with Crippen LogP contribution in [-0.4, -0.2) is 22.8 Å². The number of rotatable bonds is 2. The van der Waals surface area contributed by atoms with Gasteiger partial charge in [-0.3, -0.25) is 0 Å². The Balaban J connectivity index is 1.37. The van der Waals surface area contributed by atoms with Crippen molar-refractivity contribution < 1.29 is 19.0 Å². The fourth-order valence-electron chi connectivity index (χ4n) is 4.71. The number of benzene rings is 2. The molecule has 3 N–H and O–H groups in total. The van der Waals surface area contributed by atoms with E-state index in [4.69, 9.17) is 4.74 Å². The lowest BCUT2D eigenvalue weighted by Gasteiger charge is -2.48. The standard InChI is InChI=1S/C22H23FN2O3/c23-14-5-6-20-17(10-14)19(12-22(28-20)7-2-8-22)25-21(27)24-18-4-1-3-13-9-15(26)11-16(13)18/h1,3-6,10,15,19,26H,2,7-9,11-12H2,(H2,24,25,27)/t15-,19+/m1/s1. The fraction of sp³-hybridized carbons (Fsp3) is 0.409. The average Bonchev–Trinajstić information content (AvgIpc) is 3.02. The Kier molecular flexibility index (Phi) is 4.05. The van der Waals surface area contributed by atoms with Gasteiger partial charge in [0.25, 0.3) is 0 Å². The van der Waals surface area contributed by atoms with E-state index in [1.165, 1.54) is 12.1 Å². The number of anilines is 1. The molecule has 2 atom stereocenters. The monoisotopic (exact) mass is 382 g/mol. The molecule has 2 aliphatic carbocycles. The number of fused-ring (bicyclic) bond motifs is 2. The van der Waals surface area contributed by atoms with Crippen molar-refractivity contribution in [3.8, 4) is 5.75 Å². The van der Waals surface area contributed by atoms with Crippen molar-refractivity contribution in [2.24, 2.45) is 0 Å². The molecule has 0 unspecified atom stereocenters. The number of hydrogen-bond acceptors (Lipinski definition) is 3. The Hall–Kier alpha value is -2.60. The number of urea groups is 1. The lowest BCUT2D eigenvalue weighted by atomic mass is 9.73. The van der Waals surface area contributed by atoms with Crippen LogP contribution in [0, 0.1) is 5.82 Å². The summed E-state index contributed by atoms with van der Waals surface area (Å²) in [5.41, 5.74) is 3.20. The Morgan fingerprint density at radius 1 is 1.21 bits per heavy atom. The maximum atomic E-state index is 13.8. The van der Waals surface area contributed by atoms with Crippen LogP contribution in [0.25, 0.3) is 0 Å². The molecule has 1 heterocycles. The fourth-order valence-corrected chi connectivity index (χ4v) is 4.71. The molecule has 2 aromatic carbocycles. The molecule has 0 saturated heterocycles. The molecule has 3 aliphatic rings. The molecule has 5 nitrogen and oxygen atoms in total. The molecule has 0 aromatic heterocycles. The van der Waals surface area contributed by atoms with Gasteiger partial charge in [-0.25, -0.2) is 9.18 Å². The molecule has 146 valence electrons. The summed E-state index contributed by atoms with van der Waals surface area (Å²) in [6, 6.07) is 9.58. The maximum absolute atomic E-state index is 13.8. The first-order valence-corrected chi connectivity index (χ1v) is 9.86. The van der Waals surface area contributed by atoms with E-state index in [0.717, 1.165) is 36.1 Å². The quantitative estimate of drug-likeness (QED) is 0.739. The van der Waals surface area contributed by atoms with Crippen LogP contribution in [0.4, 0.5) is 14.9 Å². The highest BCUT2D eigenvalue weighted by Crippen LogP contribution is 2.49. The molecule has 5 rings (SSSR count). The number of halogens is 1. The molecule has 0 radical (unpaired) electrons. The van der Waals surface area contributed by atoms with E-state index in [2.05, 4.69) is 10.6 Å². The van der Waals surface area contributed by atoms with Gasteiger partial charge in [-0.2, -0.15) is 0 Å². The highest BCUT2D eigenvalue weighted by Gasteiger charge is 2.46. The van der Waals surface area contributed by atoms with Gasteiger partial charge in [-0.15, -0.1) is 0 Å². The van der Waals surface area contributed by atoms with E-state index in [1.807, 2.05) is 18.2 Å².